The lowest BCUT2D eigenvalue weighted by Gasteiger charge is -2.40. The Labute approximate surface area is 239 Å². The Morgan fingerprint density at radius 2 is 1.80 bits per heavy atom. The van der Waals surface area contributed by atoms with Gasteiger partial charge in [-0.1, -0.05) is 48.6 Å². The van der Waals surface area contributed by atoms with E-state index in [0.29, 0.717) is 32.7 Å². The molecular weight excluding hydrogens is 530 g/mol. The van der Waals surface area contributed by atoms with Crippen LogP contribution in [0.2, 0.25) is 0 Å². The van der Waals surface area contributed by atoms with Gasteiger partial charge in [-0.3, -0.25) is 19.3 Å². The van der Waals surface area contributed by atoms with Crippen molar-refractivity contribution >= 4 is 29.5 Å². The SMILES string of the molecule is C[C@@]12C=CCOC(=O)[C@@H]1[C@H]1C(=O)N([C@@H](CO)Cc3ccccc3)C3C(=O)N(CCN4CCOCC4)CC=C[C@@]31S2. The second-order valence-electron chi connectivity index (χ2n) is 11.4. The zero-order valence-electron chi connectivity index (χ0n) is 22.8. The smallest absolute Gasteiger partial charge is 0.311 e. The van der Waals surface area contributed by atoms with Gasteiger partial charge in [0.25, 0.3) is 0 Å². The van der Waals surface area contributed by atoms with Gasteiger partial charge in [0.05, 0.1) is 42.4 Å². The van der Waals surface area contributed by atoms with Crippen molar-refractivity contribution in [1.29, 1.82) is 0 Å². The van der Waals surface area contributed by atoms with Crippen LogP contribution in [-0.2, 0) is 30.3 Å². The lowest BCUT2D eigenvalue weighted by Crippen LogP contribution is -2.58. The summed E-state index contributed by atoms with van der Waals surface area (Å²) in [4.78, 5) is 48.2. The molecular formula is C30H37N3O6S. The number of morpholine rings is 1. The van der Waals surface area contributed by atoms with Crippen molar-refractivity contribution in [3.8, 4) is 0 Å². The molecule has 0 aliphatic carbocycles. The van der Waals surface area contributed by atoms with Gasteiger partial charge in [0.1, 0.15) is 12.6 Å². The number of likely N-dealkylation sites (tertiary alicyclic amines) is 1. The topological polar surface area (TPSA) is 99.6 Å². The number of hydrogen-bond donors (Lipinski definition) is 1. The zero-order valence-corrected chi connectivity index (χ0v) is 23.6. The van der Waals surface area contributed by atoms with Crippen LogP contribution in [0.5, 0.6) is 0 Å². The van der Waals surface area contributed by atoms with E-state index in [1.165, 1.54) is 11.8 Å². The Balaban J connectivity index is 1.39. The summed E-state index contributed by atoms with van der Waals surface area (Å²) in [5.74, 6) is -2.31. The number of rotatable bonds is 7. The predicted molar refractivity (Wildman–Crippen MR) is 150 cm³/mol. The second kappa shape index (κ2) is 11.0. The number of carbonyl (C=O) groups excluding carboxylic acids is 3. The Morgan fingerprint density at radius 1 is 1.02 bits per heavy atom. The third kappa shape index (κ3) is 4.58. The third-order valence-corrected chi connectivity index (χ3v) is 10.8. The average Bonchev–Trinajstić information content (AvgIpc) is 3.23. The average molecular weight is 568 g/mol. The van der Waals surface area contributed by atoms with Gasteiger partial charge in [-0.25, -0.2) is 0 Å². The molecule has 0 aromatic heterocycles. The van der Waals surface area contributed by atoms with Gasteiger partial charge in [-0.15, -0.1) is 11.8 Å². The zero-order chi connectivity index (χ0) is 27.9. The maximum atomic E-state index is 14.5. The van der Waals surface area contributed by atoms with E-state index in [1.54, 1.807) is 4.90 Å². The van der Waals surface area contributed by atoms with E-state index in [1.807, 2.05) is 66.5 Å². The molecule has 0 bridgehead atoms. The summed E-state index contributed by atoms with van der Waals surface area (Å²) in [6.45, 7) is 6.54. The molecule has 1 aromatic carbocycles. The Kier molecular flexibility index (Phi) is 7.54. The molecule has 214 valence electrons. The summed E-state index contributed by atoms with van der Waals surface area (Å²) in [5.41, 5.74) is 0.968. The molecule has 5 aliphatic heterocycles. The molecule has 5 heterocycles. The molecule has 10 heteroatoms. The van der Waals surface area contributed by atoms with E-state index in [4.69, 9.17) is 9.47 Å². The van der Waals surface area contributed by atoms with Crippen molar-refractivity contribution in [2.75, 3.05) is 59.2 Å². The highest BCUT2D eigenvalue weighted by Crippen LogP contribution is 2.65. The van der Waals surface area contributed by atoms with Crippen LogP contribution in [0.3, 0.4) is 0 Å². The maximum Gasteiger partial charge on any atom is 0.311 e. The summed E-state index contributed by atoms with van der Waals surface area (Å²) in [5, 5.41) is 10.6. The van der Waals surface area contributed by atoms with Crippen molar-refractivity contribution in [2.24, 2.45) is 11.8 Å². The third-order valence-electron chi connectivity index (χ3n) is 9.04. The first kappa shape index (κ1) is 27.5. The summed E-state index contributed by atoms with van der Waals surface area (Å²) in [6.07, 6.45) is 8.22. The van der Waals surface area contributed by atoms with E-state index in [9.17, 15) is 19.5 Å². The number of fused-ring (bicyclic) bond motifs is 2. The number of ether oxygens (including phenoxy) is 2. The number of thioether (sulfide) groups is 1. The number of hydrogen-bond acceptors (Lipinski definition) is 8. The van der Waals surface area contributed by atoms with Gasteiger partial charge in [0.2, 0.25) is 11.8 Å². The molecule has 1 unspecified atom stereocenters. The van der Waals surface area contributed by atoms with E-state index in [0.717, 1.165) is 25.2 Å². The van der Waals surface area contributed by atoms with E-state index in [-0.39, 0.29) is 25.0 Å². The summed E-state index contributed by atoms with van der Waals surface area (Å²) in [6, 6.07) is 8.24. The van der Waals surface area contributed by atoms with Gasteiger partial charge in [-0.05, 0) is 25.0 Å². The Bertz CT molecular complexity index is 1200. The molecule has 2 amide bonds. The summed E-state index contributed by atoms with van der Waals surface area (Å²) < 4.78 is 9.35. The minimum atomic E-state index is -0.952. The van der Waals surface area contributed by atoms with Crippen molar-refractivity contribution in [2.45, 2.75) is 34.9 Å². The standard InChI is InChI=1S/C30H37N3O6S/c1-29-9-6-16-39-28(37)24(29)23-26(35)33(22(20-34)19-21-7-3-2-4-8-21)25-27(36)32(11-5-10-30(23,25)40-29)13-12-31-14-17-38-18-15-31/h2-10,22-25,34H,11-20H2,1H3/t22-,23+,24+,25?,29-,30+/m1/s1. The molecule has 0 radical (unpaired) electrons. The molecule has 6 atom stereocenters. The number of amides is 2. The molecule has 3 fully saturated rings. The normalized spacial score (nSPS) is 34.6. The Hall–Kier alpha value is -2.66. The number of esters is 1. The van der Waals surface area contributed by atoms with Crippen LogP contribution in [0, 0.1) is 11.8 Å². The minimum absolute atomic E-state index is 0.134. The van der Waals surface area contributed by atoms with Crippen molar-refractivity contribution in [1.82, 2.24) is 14.7 Å². The summed E-state index contributed by atoms with van der Waals surface area (Å²) in [7, 11) is 0. The first-order chi connectivity index (χ1) is 19.4. The fourth-order valence-electron chi connectivity index (χ4n) is 7.16. The van der Waals surface area contributed by atoms with Crippen LogP contribution in [0.1, 0.15) is 12.5 Å². The molecule has 5 aliphatic rings. The minimum Gasteiger partial charge on any atom is -0.461 e. The Morgan fingerprint density at radius 3 is 2.55 bits per heavy atom. The van der Waals surface area contributed by atoms with E-state index < -0.39 is 39.4 Å². The fraction of sp³-hybridized carbons (Fsp3) is 0.567. The lowest BCUT2D eigenvalue weighted by molar-refractivity contribution is -0.153. The molecule has 1 aromatic rings. The predicted octanol–water partition coefficient (Wildman–Crippen LogP) is 1.12. The molecule has 1 spiro atoms. The van der Waals surface area contributed by atoms with Crippen molar-refractivity contribution in [3.05, 3.63) is 60.2 Å². The quantitative estimate of drug-likeness (QED) is 0.387. The van der Waals surface area contributed by atoms with Gasteiger partial charge < -0.3 is 24.4 Å². The molecule has 3 saturated heterocycles. The highest BCUT2D eigenvalue weighted by atomic mass is 32.2. The highest BCUT2D eigenvalue weighted by molar-refractivity contribution is 8.02. The van der Waals surface area contributed by atoms with Gasteiger partial charge in [0.15, 0.2) is 0 Å². The number of aliphatic hydroxyl groups is 1. The van der Waals surface area contributed by atoms with Gasteiger partial charge in [-0.2, -0.15) is 0 Å². The van der Waals surface area contributed by atoms with Crippen molar-refractivity contribution in [3.63, 3.8) is 0 Å². The van der Waals surface area contributed by atoms with Gasteiger partial charge >= 0.3 is 5.97 Å². The van der Waals surface area contributed by atoms with Crippen LogP contribution in [0.15, 0.2) is 54.6 Å². The monoisotopic (exact) mass is 567 g/mol. The van der Waals surface area contributed by atoms with Crippen LogP contribution >= 0.6 is 11.8 Å². The van der Waals surface area contributed by atoms with Crippen molar-refractivity contribution < 1.29 is 29.0 Å². The van der Waals surface area contributed by atoms with Crippen LogP contribution in [0.4, 0.5) is 0 Å². The molecule has 6 rings (SSSR count). The van der Waals surface area contributed by atoms with Crippen LogP contribution < -0.4 is 0 Å². The molecule has 1 N–H and O–H groups in total. The highest BCUT2D eigenvalue weighted by Gasteiger charge is 2.74. The first-order valence-corrected chi connectivity index (χ1v) is 15.0. The molecule has 40 heavy (non-hydrogen) atoms. The second-order valence-corrected chi connectivity index (χ2v) is 13.2. The number of nitrogens with zero attached hydrogens (tertiary/aromatic N) is 3. The first-order valence-electron chi connectivity index (χ1n) is 14.2. The largest absolute Gasteiger partial charge is 0.461 e. The molecule has 0 saturated carbocycles. The van der Waals surface area contributed by atoms with Crippen LogP contribution in [-0.4, -0.2) is 118 Å². The lowest BCUT2D eigenvalue weighted by atomic mass is 9.75. The number of carbonyl (C=O) groups is 3. The number of benzene rings is 1. The molecule has 9 nitrogen and oxygen atoms in total. The number of cyclic esters (lactones) is 1. The number of aliphatic hydroxyl groups excluding tert-OH is 1. The fourth-order valence-corrected chi connectivity index (χ4v) is 9.30. The van der Waals surface area contributed by atoms with E-state index >= 15 is 0 Å². The maximum absolute atomic E-state index is 14.5. The summed E-state index contributed by atoms with van der Waals surface area (Å²) >= 11 is 1.53. The van der Waals surface area contributed by atoms with Crippen LogP contribution in [0.25, 0.3) is 0 Å². The van der Waals surface area contributed by atoms with Gasteiger partial charge in [0, 0.05) is 37.5 Å². The van der Waals surface area contributed by atoms with E-state index in [2.05, 4.69) is 4.90 Å².